The quantitative estimate of drug-likeness (QED) is 0.463. The number of amides is 1. The lowest BCUT2D eigenvalue weighted by atomic mass is 10.3. The number of carbonyl (C=O) groups is 1. The van der Waals surface area contributed by atoms with Crippen LogP contribution in [-0.4, -0.2) is 36.9 Å². The fourth-order valence-electron chi connectivity index (χ4n) is 2.37. The van der Waals surface area contributed by atoms with Crippen LogP contribution in [0.3, 0.4) is 0 Å². The Balaban J connectivity index is 1.81. The highest BCUT2D eigenvalue weighted by atomic mass is 35.5. The first kappa shape index (κ1) is 17.9. The monoisotopic (exact) mass is 354 g/mol. The van der Waals surface area contributed by atoms with Crippen LogP contribution in [0.4, 0.5) is 5.69 Å². The summed E-state index contributed by atoms with van der Waals surface area (Å²) in [5.74, 6) is -0.245. The average Bonchev–Trinajstić information content (AvgIpc) is 2.95. The summed E-state index contributed by atoms with van der Waals surface area (Å²) in [5.41, 5.74) is 1.39. The Labute approximate surface area is 143 Å². The average molecular weight is 355 g/mol. The lowest BCUT2D eigenvalue weighted by Gasteiger charge is -2.06. The Morgan fingerprint density at radius 2 is 2.04 bits per heavy atom. The van der Waals surface area contributed by atoms with Gasteiger partial charge in [0.05, 0.1) is 15.6 Å². The zero-order chi connectivity index (χ0) is 17.9. The second kappa shape index (κ2) is 7.43. The summed E-state index contributed by atoms with van der Waals surface area (Å²) in [6.45, 7) is 6.02. The van der Waals surface area contributed by atoms with Crippen molar-refractivity contribution in [1.29, 1.82) is 0 Å². The van der Waals surface area contributed by atoms with Crippen LogP contribution < -0.4 is 5.32 Å². The molecule has 0 aliphatic carbocycles. The van der Waals surface area contributed by atoms with Crippen molar-refractivity contribution in [3.8, 4) is 0 Å². The molecule has 0 saturated carbocycles. The van der Waals surface area contributed by atoms with Crippen LogP contribution >= 0.6 is 11.6 Å². The van der Waals surface area contributed by atoms with E-state index in [0.29, 0.717) is 35.9 Å². The van der Waals surface area contributed by atoms with Gasteiger partial charge in [0, 0.05) is 19.3 Å². The molecule has 130 valence electrons. The van der Waals surface area contributed by atoms with E-state index in [1.54, 1.807) is 24.7 Å². The molecule has 9 nitrogen and oxygen atoms in total. The molecule has 2 aromatic heterocycles. The molecule has 0 fully saturated rings. The highest BCUT2D eigenvalue weighted by molar-refractivity contribution is 6.31. The normalized spacial score (nSPS) is 10.8. The summed E-state index contributed by atoms with van der Waals surface area (Å²) in [6.07, 6.45) is 2.44. The van der Waals surface area contributed by atoms with E-state index < -0.39 is 4.92 Å². The third kappa shape index (κ3) is 4.10. The van der Waals surface area contributed by atoms with Crippen molar-refractivity contribution in [3.63, 3.8) is 0 Å². The van der Waals surface area contributed by atoms with E-state index in [0.717, 1.165) is 5.69 Å². The van der Waals surface area contributed by atoms with Crippen molar-refractivity contribution < 1.29 is 9.72 Å². The molecule has 1 N–H and O–H groups in total. The number of nitrogens with one attached hydrogen (secondary N) is 1. The lowest BCUT2D eigenvalue weighted by Crippen LogP contribution is -2.29. The van der Waals surface area contributed by atoms with E-state index in [1.165, 1.54) is 4.68 Å². The molecule has 2 rings (SSSR count). The molecule has 0 aromatic carbocycles. The van der Waals surface area contributed by atoms with E-state index in [-0.39, 0.29) is 18.1 Å². The highest BCUT2D eigenvalue weighted by Gasteiger charge is 2.22. The van der Waals surface area contributed by atoms with E-state index in [4.69, 9.17) is 11.6 Å². The summed E-state index contributed by atoms with van der Waals surface area (Å²) < 4.78 is 3.08. The molecule has 0 aliphatic heterocycles. The zero-order valence-corrected chi connectivity index (χ0v) is 14.5. The predicted molar refractivity (Wildman–Crippen MR) is 88.0 cm³/mol. The van der Waals surface area contributed by atoms with Gasteiger partial charge < -0.3 is 5.32 Å². The van der Waals surface area contributed by atoms with Gasteiger partial charge in [-0.1, -0.05) is 11.6 Å². The molecule has 0 unspecified atom stereocenters. The number of halogens is 1. The first-order chi connectivity index (χ1) is 11.3. The lowest BCUT2D eigenvalue weighted by molar-refractivity contribution is -0.386. The summed E-state index contributed by atoms with van der Waals surface area (Å²) in [6, 6.07) is 0. The molecule has 0 bridgehead atoms. The largest absolute Gasteiger partial charge is 0.354 e. The number of aromatic nitrogens is 4. The van der Waals surface area contributed by atoms with Crippen molar-refractivity contribution in [2.45, 2.75) is 40.3 Å². The summed E-state index contributed by atoms with van der Waals surface area (Å²) >= 11 is 5.92. The van der Waals surface area contributed by atoms with Crippen LogP contribution in [0.15, 0.2) is 6.20 Å². The molecule has 2 heterocycles. The second-order valence-electron chi connectivity index (χ2n) is 5.46. The number of nitrogens with zero attached hydrogens (tertiary/aromatic N) is 5. The molecule has 0 spiro atoms. The maximum Gasteiger partial charge on any atom is 0.312 e. The smallest absolute Gasteiger partial charge is 0.312 e. The molecule has 24 heavy (non-hydrogen) atoms. The van der Waals surface area contributed by atoms with Gasteiger partial charge >= 0.3 is 5.69 Å². The first-order valence-corrected chi connectivity index (χ1v) is 7.82. The molecular formula is C14H19ClN6O3. The second-order valence-corrected chi connectivity index (χ2v) is 5.87. The van der Waals surface area contributed by atoms with Gasteiger partial charge in [-0.3, -0.25) is 24.3 Å². The SMILES string of the molecule is Cc1nn(CCCNC(=O)Cn2nc(C)c([N+](=O)[O-])c2C)cc1Cl. The fourth-order valence-corrected chi connectivity index (χ4v) is 2.52. The van der Waals surface area contributed by atoms with Crippen molar-refractivity contribution >= 4 is 23.2 Å². The molecule has 2 aromatic rings. The van der Waals surface area contributed by atoms with Crippen LogP contribution in [0.5, 0.6) is 0 Å². The van der Waals surface area contributed by atoms with Crippen LogP contribution in [0.1, 0.15) is 23.5 Å². The fraction of sp³-hybridized carbons (Fsp3) is 0.500. The van der Waals surface area contributed by atoms with Gasteiger partial charge in [-0.2, -0.15) is 10.2 Å². The van der Waals surface area contributed by atoms with Crippen molar-refractivity contribution in [2.75, 3.05) is 6.54 Å². The van der Waals surface area contributed by atoms with Gasteiger partial charge in [0.1, 0.15) is 17.9 Å². The number of aryl methyl sites for hydroxylation is 3. The predicted octanol–water partition coefficient (Wildman–Crippen LogP) is 1.77. The number of nitro groups is 1. The van der Waals surface area contributed by atoms with Crippen molar-refractivity contribution in [1.82, 2.24) is 24.9 Å². The number of carbonyl (C=O) groups excluding carboxylic acids is 1. The molecule has 0 atom stereocenters. The molecule has 0 saturated heterocycles. The minimum Gasteiger partial charge on any atom is -0.354 e. The summed E-state index contributed by atoms with van der Waals surface area (Å²) in [7, 11) is 0. The van der Waals surface area contributed by atoms with Crippen molar-refractivity contribution in [3.05, 3.63) is 38.4 Å². The van der Waals surface area contributed by atoms with Gasteiger partial charge in [0.25, 0.3) is 0 Å². The van der Waals surface area contributed by atoms with Crippen LogP contribution in [-0.2, 0) is 17.9 Å². The molecular weight excluding hydrogens is 336 g/mol. The van der Waals surface area contributed by atoms with E-state index >= 15 is 0 Å². The maximum atomic E-state index is 11.9. The number of hydrogen-bond acceptors (Lipinski definition) is 5. The molecule has 0 radical (unpaired) electrons. The minimum absolute atomic E-state index is 0.0475. The zero-order valence-electron chi connectivity index (χ0n) is 13.7. The Bertz CT molecular complexity index is 747. The summed E-state index contributed by atoms with van der Waals surface area (Å²) in [5, 5.41) is 22.6. The Hall–Kier alpha value is -2.42. The summed E-state index contributed by atoms with van der Waals surface area (Å²) in [4.78, 5) is 22.4. The highest BCUT2D eigenvalue weighted by Crippen LogP contribution is 2.21. The Morgan fingerprint density at radius 3 is 2.58 bits per heavy atom. The van der Waals surface area contributed by atoms with Gasteiger partial charge in [-0.15, -0.1) is 0 Å². The van der Waals surface area contributed by atoms with E-state index in [2.05, 4.69) is 15.5 Å². The molecule has 10 heteroatoms. The van der Waals surface area contributed by atoms with E-state index in [9.17, 15) is 14.9 Å². The van der Waals surface area contributed by atoms with Gasteiger partial charge in [0.15, 0.2) is 0 Å². The van der Waals surface area contributed by atoms with Crippen LogP contribution in [0.25, 0.3) is 0 Å². The Kier molecular flexibility index (Phi) is 5.55. The van der Waals surface area contributed by atoms with Crippen LogP contribution in [0, 0.1) is 30.9 Å². The Morgan fingerprint density at radius 1 is 1.33 bits per heavy atom. The number of hydrogen-bond donors (Lipinski definition) is 1. The van der Waals surface area contributed by atoms with Crippen LogP contribution in [0.2, 0.25) is 5.02 Å². The van der Waals surface area contributed by atoms with Gasteiger partial charge in [-0.05, 0) is 27.2 Å². The van der Waals surface area contributed by atoms with Gasteiger partial charge in [0.2, 0.25) is 5.91 Å². The minimum atomic E-state index is -0.483. The maximum absolute atomic E-state index is 11.9. The van der Waals surface area contributed by atoms with E-state index in [1.807, 2.05) is 6.92 Å². The van der Waals surface area contributed by atoms with Gasteiger partial charge in [-0.25, -0.2) is 0 Å². The number of rotatable bonds is 7. The first-order valence-electron chi connectivity index (χ1n) is 7.44. The third-order valence-corrected chi connectivity index (χ3v) is 3.96. The third-order valence-electron chi connectivity index (χ3n) is 3.59. The molecule has 1 amide bonds. The van der Waals surface area contributed by atoms with Crippen molar-refractivity contribution in [2.24, 2.45) is 0 Å². The standard InChI is InChI=1S/C14H19ClN6O3/c1-9-12(15)7-19(17-9)6-4-5-16-13(22)8-20-11(3)14(21(23)24)10(2)18-20/h7H,4-6,8H2,1-3H3,(H,16,22). The molecule has 0 aliphatic rings. The topological polar surface area (TPSA) is 108 Å².